The number of Topliss-reactive ketones (excluding diaryl/α,β-unsaturated/α-hetero) is 1. The third-order valence-electron chi connectivity index (χ3n) is 3.28. The number of hydrogen-bond donors (Lipinski definition) is 1. The number of carbonyl (C=O) groups is 2. The first kappa shape index (κ1) is 17.0. The number of ketones is 1. The molecule has 1 unspecified atom stereocenters. The van der Waals surface area contributed by atoms with E-state index in [1.54, 1.807) is 0 Å². The van der Waals surface area contributed by atoms with Crippen molar-refractivity contribution in [3.05, 3.63) is 71.8 Å². The highest BCUT2D eigenvalue weighted by molar-refractivity contribution is 6.28. The maximum absolute atomic E-state index is 11.9. The van der Waals surface area contributed by atoms with Crippen LogP contribution >= 0.6 is 11.6 Å². The Labute approximate surface area is 140 Å². The Morgan fingerprint density at radius 1 is 0.957 bits per heavy atom. The van der Waals surface area contributed by atoms with Gasteiger partial charge in [0.2, 0.25) is 0 Å². The fourth-order valence-corrected chi connectivity index (χ4v) is 2.25. The van der Waals surface area contributed by atoms with Crippen LogP contribution in [0.15, 0.2) is 60.7 Å². The van der Waals surface area contributed by atoms with E-state index in [9.17, 15) is 9.59 Å². The zero-order valence-corrected chi connectivity index (χ0v) is 13.3. The molecular formula is C18H18ClNO3. The Morgan fingerprint density at radius 3 is 2.09 bits per heavy atom. The molecule has 0 aliphatic carbocycles. The van der Waals surface area contributed by atoms with Crippen LogP contribution in [0.25, 0.3) is 0 Å². The number of amides is 1. The van der Waals surface area contributed by atoms with E-state index in [-0.39, 0.29) is 11.7 Å². The predicted molar refractivity (Wildman–Crippen MR) is 89.4 cm³/mol. The summed E-state index contributed by atoms with van der Waals surface area (Å²) in [6.07, 6.45) is -1.20. The van der Waals surface area contributed by atoms with Gasteiger partial charge in [0.1, 0.15) is 0 Å². The van der Waals surface area contributed by atoms with E-state index in [0.717, 1.165) is 11.1 Å². The van der Waals surface area contributed by atoms with E-state index < -0.39 is 12.2 Å². The highest BCUT2D eigenvalue weighted by Gasteiger charge is 2.22. The number of halogens is 1. The summed E-state index contributed by atoms with van der Waals surface area (Å²) < 4.78 is 5.24. The Morgan fingerprint density at radius 2 is 1.52 bits per heavy atom. The summed E-state index contributed by atoms with van der Waals surface area (Å²) in [6.45, 7) is 0.340. The topological polar surface area (TPSA) is 55.4 Å². The smallest absolute Gasteiger partial charge is 0.408 e. The van der Waals surface area contributed by atoms with Gasteiger partial charge < -0.3 is 10.1 Å². The number of benzene rings is 2. The van der Waals surface area contributed by atoms with Crippen LogP contribution in [0.5, 0.6) is 0 Å². The first-order valence-electron chi connectivity index (χ1n) is 7.30. The van der Waals surface area contributed by atoms with E-state index >= 15 is 0 Å². The highest BCUT2D eigenvalue weighted by Crippen LogP contribution is 2.09. The fraction of sp³-hybridized carbons (Fsp3) is 0.222. The summed E-state index contributed by atoms with van der Waals surface area (Å²) in [5.41, 5.74) is 1.86. The second-order valence-electron chi connectivity index (χ2n) is 5.02. The number of alkyl halides is 1. The average molecular weight is 332 g/mol. The van der Waals surface area contributed by atoms with Crippen molar-refractivity contribution in [3.8, 4) is 0 Å². The lowest BCUT2D eigenvalue weighted by atomic mass is 10.1. The number of carbonyl (C=O) groups excluding carboxylic acids is 2. The Hall–Kier alpha value is -2.33. The quantitative estimate of drug-likeness (QED) is 0.792. The molecule has 0 aliphatic heterocycles. The third kappa shape index (κ3) is 5.75. The van der Waals surface area contributed by atoms with Crippen molar-refractivity contribution in [2.75, 3.05) is 5.88 Å². The molecule has 120 valence electrons. The molecule has 0 spiro atoms. The van der Waals surface area contributed by atoms with Gasteiger partial charge in [-0.3, -0.25) is 4.79 Å². The lowest BCUT2D eigenvalue weighted by molar-refractivity contribution is -0.124. The second kappa shape index (κ2) is 8.96. The van der Waals surface area contributed by atoms with E-state index in [0.29, 0.717) is 13.0 Å². The van der Waals surface area contributed by atoms with Gasteiger partial charge in [0.25, 0.3) is 0 Å². The third-order valence-corrected chi connectivity index (χ3v) is 3.55. The Balaban J connectivity index is 1.91. The molecule has 0 saturated carbocycles. The van der Waals surface area contributed by atoms with Gasteiger partial charge in [-0.25, -0.2) is 4.79 Å². The molecule has 0 radical (unpaired) electrons. The molecular weight excluding hydrogens is 314 g/mol. The zero-order valence-electron chi connectivity index (χ0n) is 12.6. The number of nitrogens with one attached hydrogen (secondary N) is 1. The maximum Gasteiger partial charge on any atom is 0.408 e. The van der Waals surface area contributed by atoms with Crippen molar-refractivity contribution >= 4 is 23.5 Å². The normalized spacial score (nSPS) is 11.5. The fourth-order valence-electron chi connectivity index (χ4n) is 2.08. The molecule has 1 N–H and O–H groups in total. The molecule has 5 heteroatoms. The lowest BCUT2D eigenvalue weighted by Gasteiger charge is -2.16. The van der Waals surface area contributed by atoms with Gasteiger partial charge in [0.15, 0.2) is 11.9 Å². The monoisotopic (exact) mass is 331 g/mol. The molecule has 0 heterocycles. The van der Waals surface area contributed by atoms with Crippen molar-refractivity contribution in [1.82, 2.24) is 5.32 Å². The van der Waals surface area contributed by atoms with Crippen LogP contribution in [-0.2, 0) is 22.5 Å². The van der Waals surface area contributed by atoms with Gasteiger partial charge >= 0.3 is 6.09 Å². The first-order valence-corrected chi connectivity index (χ1v) is 7.83. The van der Waals surface area contributed by atoms with Gasteiger partial charge in [-0.05, 0) is 11.1 Å². The molecule has 0 fully saturated rings. The molecule has 2 aromatic carbocycles. The van der Waals surface area contributed by atoms with Crippen LogP contribution < -0.4 is 5.32 Å². The summed E-state index contributed by atoms with van der Waals surface area (Å²) in [5, 5.41) is 2.64. The lowest BCUT2D eigenvalue weighted by Crippen LogP contribution is -2.35. The minimum atomic E-state index is -0.884. The van der Waals surface area contributed by atoms with Gasteiger partial charge in [0.05, 0.1) is 5.88 Å². The Bertz CT molecular complexity index is 631. The number of hydrogen-bond acceptors (Lipinski definition) is 3. The van der Waals surface area contributed by atoms with Crippen LogP contribution in [0, 0.1) is 0 Å². The zero-order chi connectivity index (χ0) is 16.5. The van der Waals surface area contributed by atoms with Crippen molar-refractivity contribution in [2.45, 2.75) is 19.1 Å². The molecule has 1 atom stereocenters. The summed E-state index contributed by atoms with van der Waals surface area (Å²) in [5.74, 6) is -0.505. The van der Waals surface area contributed by atoms with Crippen LogP contribution in [0.1, 0.15) is 11.1 Å². The van der Waals surface area contributed by atoms with E-state index in [4.69, 9.17) is 16.3 Å². The molecule has 0 saturated heterocycles. The molecule has 2 rings (SSSR count). The van der Waals surface area contributed by atoms with Crippen LogP contribution in [-0.4, -0.2) is 23.9 Å². The number of ether oxygens (including phenoxy) is 1. The van der Waals surface area contributed by atoms with Crippen LogP contribution in [0.3, 0.4) is 0 Å². The van der Waals surface area contributed by atoms with Gasteiger partial charge in [0, 0.05) is 13.0 Å². The Kier molecular flexibility index (Phi) is 6.63. The summed E-state index contributed by atoms with van der Waals surface area (Å²) in [4.78, 5) is 23.8. The SMILES string of the molecule is O=C(NCc1ccccc1)OC(Cc1ccccc1)C(=O)CCl. The summed E-state index contributed by atoms with van der Waals surface area (Å²) in [6, 6.07) is 18.8. The minimum Gasteiger partial charge on any atom is -0.438 e. The molecule has 0 aromatic heterocycles. The van der Waals surface area contributed by atoms with E-state index in [1.807, 2.05) is 60.7 Å². The minimum absolute atomic E-state index is 0.191. The first-order chi connectivity index (χ1) is 11.2. The van der Waals surface area contributed by atoms with Gasteiger partial charge in [-0.15, -0.1) is 11.6 Å². The van der Waals surface area contributed by atoms with E-state index in [1.165, 1.54) is 0 Å². The highest BCUT2D eigenvalue weighted by atomic mass is 35.5. The van der Waals surface area contributed by atoms with E-state index in [2.05, 4.69) is 5.32 Å². The molecule has 23 heavy (non-hydrogen) atoms. The molecule has 1 amide bonds. The second-order valence-corrected chi connectivity index (χ2v) is 5.29. The largest absolute Gasteiger partial charge is 0.438 e. The average Bonchev–Trinajstić information content (AvgIpc) is 2.60. The standard InChI is InChI=1S/C18H18ClNO3/c19-12-16(21)17(11-14-7-3-1-4-8-14)23-18(22)20-13-15-9-5-2-6-10-15/h1-10,17H,11-13H2,(H,20,22). The van der Waals surface area contributed by atoms with Crippen LogP contribution in [0.2, 0.25) is 0 Å². The van der Waals surface area contributed by atoms with Gasteiger partial charge in [-0.1, -0.05) is 60.7 Å². The van der Waals surface area contributed by atoms with Crippen molar-refractivity contribution in [3.63, 3.8) is 0 Å². The van der Waals surface area contributed by atoms with Crippen molar-refractivity contribution in [1.29, 1.82) is 0 Å². The van der Waals surface area contributed by atoms with Crippen LogP contribution in [0.4, 0.5) is 4.79 Å². The van der Waals surface area contributed by atoms with Crippen molar-refractivity contribution < 1.29 is 14.3 Å². The number of alkyl carbamates (subject to hydrolysis) is 1. The maximum atomic E-state index is 11.9. The summed E-state index contributed by atoms with van der Waals surface area (Å²) in [7, 11) is 0. The summed E-state index contributed by atoms with van der Waals surface area (Å²) >= 11 is 5.61. The van der Waals surface area contributed by atoms with Crippen molar-refractivity contribution in [2.24, 2.45) is 0 Å². The number of rotatable bonds is 7. The molecule has 4 nitrogen and oxygen atoms in total. The molecule has 2 aromatic rings. The predicted octanol–water partition coefficient (Wildman–Crippen LogP) is 3.33. The molecule has 0 bridgehead atoms. The van der Waals surface area contributed by atoms with Gasteiger partial charge in [-0.2, -0.15) is 0 Å². The molecule has 0 aliphatic rings.